The normalized spacial score (nSPS) is 36.7. The van der Waals surface area contributed by atoms with Gasteiger partial charge in [-0.15, -0.1) is 0 Å². The maximum absolute atomic E-state index is 12.7. The van der Waals surface area contributed by atoms with Crippen LogP contribution in [-0.4, -0.2) is 110 Å². The smallest absolute Gasteiger partial charge is 0.225 e. The van der Waals surface area contributed by atoms with Gasteiger partial charge in [0.05, 0.1) is 37.9 Å². The number of aliphatic hydroxyl groups excluding tert-OH is 1. The summed E-state index contributed by atoms with van der Waals surface area (Å²) < 4.78 is 12.1. The lowest BCUT2D eigenvalue weighted by Gasteiger charge is -2.45. The van der Waals surface area contributed by atoms with Crippen LogP contribution in [0.4, 0.5) is 0 Å². The van der Waals surface area contributed by atoms with Crippen LogP contribution in [0.5, 0.6) is 0 Å². The summed E-state index contributed by atoms with van der Waals surface area (Å²) in [6.45, 7) is 6.18. The molecule has 0 spiro atoms. The van der Waals surface area contributed by atoms with Crippen LogP contribution in [0.15, 0.2) is 0 Å². The predicted octanol–water partition coefficient (Wildman–Crippen LogP) is 0.170. The number of hydrogen-bond acceptors (Lipinski definition) is 6. The fraction of sp³-hybridized carbons (Fsp3) is 0.950. The van der Waals surface area contributed by atoms with Gasteiger partial charge in [0.1, 0.15) is 0 Å². The van der Waals surface area contributed by atoms with Gasteiger partial charge in [0.15, 0.2) is 0 Å². The molecule has 4 fully saturated rings. The van der Waals surface area contributed by atoms with Gasteiger partial charge in [-0.05, 0) is 38.6 Å². The van der Waals surface area contributed by atoms with Gasteiger partial charge >= 0.3 is 0 Å². The van der Waals surface area contributed by atoms with E-state index in [0.29, 0.717) is 32.2 Å². The monoisotopic (exact) mass is 381 g/mol. The highest BCUT2D eigenvalue weighted by atomic mass is 16.5. The topological polar surface area (TPSA) is 65.5 Å². The van der Waals surface area contributed by atoms with E-state index in [9.17, 15) is 9.90 Å². The maximum Gasteiger partial charge on any atom is 0.225 e. The van der Waals surface area contributed by atoms with Crippen LogP contribution in [0.3, 0.4) is 0 Å². The Morgan fingerprint density at radius 2 is 1.85 bits per heavy atom. The molecule has 3 aliphatic heterocycles. The SMILES string of the molecule is CN1CCN(C(=O)C[C@H]2CC[C@@H]3[C@H](COC[C@@H](O)CN3CC3CC3)O2)CC1. The molecule has 0 aromatic heterocycles. The number of ether oxygens (including phenoxy) is 2. The summed E-state index contributed by atoms with van der Waals surface area (Å²) in [6, 6.07) is 0.301. The third-order valence-corrected chi connectivity index (χ3v) is 6.54. The highest BCUT2D eigenvalue weighted by molar-refractivity contribution is 5.76. The Bertz CT molecular complexity index is 507. The molecular weight excluding hydrogens is 346 g/mol. The summed E-state index contributed by atoms with van der Waals surface area (Å²) >= 11 is 0. The van der Waals surface area contributed by atoms with E-state index in [-0.39, 0.29) is 18.1 Å². The molecule has 4 aliphatic rings. The van der Waals surface area contributed by atoms with Gasteiger partial charge < -0.3 is 24.4 Å². The Morgan fingerprint density at radius 3 is 2.59 bits per heavy atom. The number of hydrogen-bond donors (Lipinski definition) is 1. The molecule has 0 radical (unpaired) electrons. The lowest BCUT2D eigenvalue weighted by Crippen LogP contribution is -2.56. The summed E-state index contributed by atoms with van der Waals surface area (Å²) in [5.74, 6) is 1.01. The van der Waals surface area contributed by atoms with E-state index in [2.05, 4.69) is 16.8 Å². The Morgan fingerprint density at radius 1 is 1.07 bits per heavy atom. The molecule has 3 saturated heterocycles. The zero-order valence-electron chi connectivity index (χ0n) is 16.6. The Kier molecular flexibility index (Phi) is 6.34. The molecule has 7 nitrogen and oxygen atoms in total. The minimum absolute atomic E-state index is 0.00543. The second-order valence-corrected chi connectivity index (χ2v) is 8.92. The van der Waals surface area contributed by atoms with Gasteiger partial charge in [-0.2, -0.15) is 0 Å². The number of β-amino-alcohol motifs (C(OH)–C–C–N with tert-alkyl or cyclic N) is 1. The molecule has 27 heavy (non-hydrogen) atoms. The predicted molar refractivity (Wildman–Crippen MR) is 101 cm³/mol. The lowest BCUT2D eigenvalue weighted by molar-refractivity contribution is -0.161. The maximum atomic E-state index is 12.7. The quantitative estimate of drug-likeness (QED) is 0.749. The first-order chi connectivity index (χ1) is 13.1. The first kappa shape index (κ1) is 19.6. The van der Waals surface area contributed by atoms with Crippen molar-refractivity contribution in [2.75, 3.05) is 59.5 Å². The van der Waals surface area contributed by atoms with Crippen molar-refractivity contribution in [3.63, 3.8) is 0 Å². The van der Waals surface area contributed by atoms with Gasteiger partial charge in [0.25, 0.3) is 0 Å². The highest BCUT2D eigenvalue weighted by Gasteiger charge is 2.40. The van der Waals surface area contributed by atoms with Crippen LogP contribution in [-0.2, 0) is 14.3 Å². The van der Waals surface area contributed by atoms with Crippen LogP contribution < -0.4 is 0 Å². The van der Waals surface area contributed by atoms with E-state index in [1.165, 1.54) is 12.8 Å². The molecule has 4 rings (SSSR count). The summed E-state index contributed by atoms with van der Waals surface area (Å²) in [4.78, 5) is 19.4. The number of likely N-dealkylation sites (N-methyl/N-ethyl adjacent to an activating group) is 1. The number of nitrogens with zero attached hydrogens (tertiary/aromatic N) is 3. The van der Waals surface area contributed by atoms with E-state index in [0.717, 1.165) is 51.5 Å². The number of fused-ring (bicyclic) bond motifs is 1. The van der Waals surface area contributed by atoms with Crippen LogP contribution in [0, 0.1) is 5.92 Å². The third-order valence-electron chi connectivity index (χ3n) is 6.54. The van der Waals surface area contributed by atoms with Crippen molar-refractivity contribution in [1.29, 1.82) is 0 Å². The van der Waals surface area contributed by atoms with Crippen molar-refractivity contribution in [3.8, 4) is 0 Å². The molecule has 154 valence electrons. The van der Waals surface area contributed by atoms with Crippen molar-refractivity contribution < 1.29 is 19.4 Å². The fourth-order valence-corrected chi connectivity index (χ4v) is 4.67. The zero-order chi connectivity index (χ0) is 18.8. The summed E-state index contributed by atoms with van der Waals surface area (Å²) in [5.41, 5.74) is 0. The molecule has 0 unspecified atom stereocenters. The first-order valence-corrected chi connectivity index (χ1v) is 10.7. The van der Waals surface area contributed by atoms with Crippen molar-refractivity contribution >= 4 is 5.91 Å². The average Bonchev–Trinajstić information content (AvgIpc) is 3.45. The second-order valence-electron chi connectivity index (χ2n) is 8.92. The van der Waals surface area contributed by atoms with E-state index < -0.39 is 6.10 Å². The molecule has 7 heteroatoms. The molecule has 1 aliphatic carbocycles. The molecule has 3 heterocycles. The van der Waals surface area contributed by atoms with Crippen molar-refractivity contribution in [2.45, 2.75) is 56.5 Å². The Labute approximate surface area is 162 Å². The standard InChI is InChI=1S/C20H35N3O4/c1-21-6-8-22(9-7-21)20(25)10-17-4-5-18-19(27-17)14-26-13-16(24)12-23(18)11-15-2-3-15/h15-19,24H,2-14H2,1H3/t16-,17+,18+,19-/m0/s1. The molecule has 0 aromatic carbocycles. The van der Waals surface area contributed by atoms with Crippen LogP contribution in [0.1, 0.15) is 32.1 Å². The van der Waals surface area contributed by atoms with Crippen LogP contribution in [0.25, 0.3) is 0 Å². The number of piperazine rings is 1. The number of aliphatic hydroxyl groups is 1. The van der Waals surface area contributed by atoms with Crippen LogP contribution in [0.2, 0.25) is 0 Å². The van der Waals surface area contributed by atoms with Gasteiger partial charge in [0, 0.05) is 45.3 Å². The molecule has 0 aromatic rings. The Hall–Kier alpha value is -0.730. The first-order valence-electron chi connectivity index (χ1n) is 10.7. The summed E-state index contributed by atoms with van der Waals surface area (Å²) in [5, 5.41) is 10.2. The van der Waals surface area contributed by atoms with E-state index >= 15 is 0 Å². The van der Waals surface area contributed by atoms with E-state index in [1.54, 1.807) is 0 Å². The zero-order valence-corrected chi connectivity index (χ0v) is 16.6. The number of carbonyl (C=O) groups is 1. The van der Waals surface area contributed by atoms with Gasteiger partial charge in [-0.1, -0.05) is 0 Å². The molecule has 0 bridgehead atoms. The van der Waals surface area contributed by atoms with Gasteiger partial charge in [-0.25, -0.2) is 0 Å². The molecule has 1 amide bonds. The van der Waals surface area contributed by atoms with E-state index in [4.69, 9.17) is 9.47 Å². The average molecular weight is 382 g/mol. The number of rotatable bonds is 4. The molecule has 1 N–H and O–H groups in total. The van der Waals surface area contributed by atoms with Crippen molar-refractivity contribution in [1.82, 2.24) is 14.7 Å². The molecule has 4 atom stereocenters. The summed E-state index contributed by atoms with van der Waals surface area (Å²) in [6.07, 6.45) is 4.63. The lowest BCUT2D eigenvalue weighted by atomic mass is 9.94. The minimum atomic E-state index is -0.416. The van der Waals surface area contributed by atoms with Crippen molar-refractivity contribution in [2.24, 2.45) is 5.92 Å². The minimum Gasteiger partial charge on any atom is -0.389 e. The summed E-state index contributed by atoms with van der Waals surface area (Å²) in [7, 11) is 2.10. The largest absolute Gasteiger partial charge is 0.389 e. The van der Waals surface area contributed by atoms with Crippen LogP contribution >= 0.6 is 0 Å². The highest BCUT2D eigenvalue weighted by Crippen LogP contribution is 2.34. The number of amides is 1. The fourth-order valence-electron chi connectivity index (χ4n) is 4.67. The molecular formula is C20H35N3O4. The third kappa shape index (κ3) is 5.21. The van der Waals surface area contributed by atoms with E-state index in [1.807, 2.05) is 4.90 Å². The van der Waals surface area contributed by atoms with Gasteiger partial charge in [0.2, 0.25) is 5.91 Å². The second kappa shape index (κ2) is 8.74. The van der Waals surface area contributed by atoms with Crippen molar-refractivity contribution in [3.05, 3.63) is 0 Å². The van der Waals surface area contributed by atoms with Gasteiger partial charge in [-0.3, -0.25) is 9.69 Å². The molecule has 1 saturated carbocycles. The Balaban J connectivity index is 1.32. The number of carbonyl (C=O) groups excluding carboxylic acids is 1.